The fourth-order valence-electron chi connectivity index (χ4n) is 3.90. The van der Waals surface area contributed by atoms with E-state index >= 15 is 0 Å². The number of nitrogens with zero attached hydrogens (tertiary/aromatic N) is 3. The van der Waals surface area contributed by atoms with Crippen LogP contribution in [0.5, 0.6) is 11.5 Å². The minimum Gasteiger partial charge on any atom is -0.486 e. The molecule has 0 aliphatic carbocycles. The van der Waals surface area contributed by atoms with E-state index in [-0.39, 0.29) is 34.4 Å². The lowest BCUT2D eigenvalue weighted by atomic mass is 10.0. The highest BCUT2D eigenvalue weighted by Crippen LogP contribution is 2.38. The van der Waals surface area contributed by atoms with E-state index in [1.807, 2.05) is 23.1 Å². The number of ether oxygens (including phenoxy) is 2. The zero-order valence-corrected chi connectivity index (χ0v) is 17.4. The molecule has 0 spiro atoms. The van der Waals surface area contributed by atoms with Gasteiger partial charge in [0.2, 0.25) is 5.91 Å². The third-order valence-electron chi connectivity index (χ3n) is 5.35. The summed E-state index contributed by atoms with van der Waals surface area (Å²) in [4.78, 5) is 14.8. The molecular formula is C22H20FN3O4S. The molecule has 0 radical (unpaired) electrons. The van der Waals surface area contributed by atoms with Crippen LogP contribution in [0.1, 0.15) is 24.4 Å². The predicted octanol–water partition coefficient (Wildman–Crippen LogP) is 4.10. The number of thioether (sulfide) groups is 1. The first-order valence-electron chi connectivity index (χ1n) is 10.1. The summed E-state index contributed by atoms with van der Waals surface area (Å²) in [6, 6.07) is 12.1. The number of halogens is 1. The summed E-state index contributed by atoms with van der Waals surface area (Å²) in [6.45, 7) is 1.77. The van der Waals surface area contributed by atoms with Crippen molar-refractivity contribution >= 4 is 17.7 Å². The summed E-state index contributed by atoms with van der Waals surface area (Å²) in [5.74, 6) is 1.29. The number of benzene rings is 2. The van der Waals surface area contributed by atoms with E-state index in [1.54, 1.807) is 18.2 Å². The number of amides is 1. The van der Waals surface area contributed by atoms with Crippen molar-refractivity contribution in [2.75, 3.05) is 25.5 Å². The third kappa shape index (κ3) is 4.10. The Labute approximate surface area is 182 Å². The first kappa shape index (κ1) is 19.9. The maximum Gasteiger partial charge on any atom is 0.277 e. The Morgan fingerprint density at radius 2 is 1.97 bits per heavy atom. The topological polar surface area (TPSA) is 77.7 Å². The van der Waals surface area contributed by atoms with Gasteiger partial charge in [0.1, 0.15) is 19.0 Å². The van der Waals surface area contributed by atoms with Gasteiger partial charge in [0.25, 0.3) is 11.1 Å². The Kier molecular flexibility index (Phi) is 5.50. The van der Waals surface area contributed by atoms with Crippen LogP contribution >= 0.6 is 11.8 Å². The van der Waals surface area contributed by atoms with Gasteiger partial charge in [0.15, 0.2) is 11.5 Å². The zero-order chi connectivity index (χ0) is 21.2. The summed E-state index contributed by atoms with van der Waals surface area (Å²) in [6.07, 6.45) is 1.83. The third-order valence-corrected chi connectivity index (χ3v) is 6.16. The summed E-state index contributed by atoms with van der Waals surface area (Å²) >= 11 is 1.16. The highest BCUT2D eigenvalue weighted by molar-refractivity contribution is 7.99. The van der Waals surface area contributed by atoms with Crippen molar-refractivity contribution in [2.24, 2.45) is 0 Å². The van der Waals surface area contributed by atoms with Gasteiger partial charge in [-0.25, -0.2) is 4.39 Å². The van der Waals surface area contributed by atoms with Crippen LogP contribution in [0.15, 0.2) is 52.1 Å². The summed E-state index contributed by atoms with van der Waals surface area (Å²) in [5, 5.41) is 8.07. The molecule has 0 N–H and O–H groups in total. The molecule has 1 fully saturated rings. The van der Waals surface area contributed by atoms with Gasteiger partial charge in [-0.3, -0.25) is 4.79 Å². The molecule has 5 rings (SSSR count). The van der Waals surface area contributed by atoms with Gasteiger partial charge in [-0.15, -0.1) is 10.2 Å². The van der Waals surface area contributed by atoms with Crippen LogP contribution < -0.4 is 9.47 Å². The number of hydrogen-bond acceptors (Lipinski definition) is 7. The van der Waals surface area contributed by atoms with E-state index in [4.69, 9.17) is 13.9 Å². The van der Waals surface area contributed by atoms with E-state index in [2.05, 4.69) is 10.2 Å². The molecule has 160 valence electrons. The largest absolute Gasteiger partial charge is 0.486 e. The summed E-state index contributed by atoms with van der Waals surface area (Å²) < 4.78 is 30.7. The van der Waals surface area contributed by atoms with Crippen molar-refractivity contribution in [2.45, 2.75) is 24.1 Å². The number of fused-ring (bicyclic) bond motifs is 1. The molecular weight excluding hydrogens is 421 g/mol. The normalized spacial score (nSPS) is 17.7. The molecule has 9 heteroatoms. The molecule has 1 atom stereocenters. The van der Waals surface area contributed by atoms with Gasteiger partial charge in [-0.1, -0.05) is 30.0 Å². The van der Waals surface area contributed by atoms with Crippen LogP contribution in [0, 0.1) is 5.82 Å². The van der Waals surface area contributed by atoms with Gasteiger partial charge >= 0.3 is 0 Å². The smallest absolute Gasteiger partial charge is 0.277 e. The molecule has 2 aliphatic rings. The van der Waals surface area contributed by atoms with E-state index in [9.17, 15) is 9.18 Å². The number of rotatable bonds is 5. The first-order chi connectivity index (χ1) is 15.2. The number of carbonyl (C=O) groups excluding carboxylic acids is 1. The maximum atomic E-state index is 13.9. The summed E-state index contributed by atoms with van der Waals surface area (Å²) in [5.41, 5.74) is 1.28. The lowest BCUT2D eigenvalue weighted by Gasteiger charge is -2.26. The Hall–Kier alpha value is -3.07. The van der Waals surface area contributed by atoms with Crippen LogP contribution in [0.2, 0.25) is 0 Å². The Morgan fingerprint density at radius 1 is 1.13 bits per heavy atom. The number of hydrogen-bond donors (Lipinski definition) is 0. The van der Waals surface area contributed by atoms with Crippen LogP contribution in [-0.4, -0.2) is 46.5 Å². The van der Waals surface area contributed by atoms with Crippen molar-refractivity contribution in [3.8, 4) is 23.0 Å². The van der Waals surface area contributed by atoms with Crippen LogP contribution in [-0.2, 0) is 4.79 Å². The fraction of sp³-hybridized carbons (Fsp3) is 0.318. The van der Waals surface area contributed by atoms with E-state index < -0.39 is 5.82 Å². The Balaban J connectivity index is 1.25. The number of carbonyl (C=O) groups is 1. The molecule has 1 saturated heterocycles. The molecule has 0 saturated carbocycles. The van der Waals surface area contributed by atoms with Crippen molar-refractivity contribution < 1.29 is 23.1 Å². The van der Waals surface area contributed by atoms with Crippen molar-refractivity contribution in [1.82, 2.24) is 15.1 Å². The fourth-order valence-corrected chi connectivity index (χ4v) is 4.55. The van der Waals surface area contributed by atoms with Gasteiger partial charge < -0.3 is 18.8 Å². The zero-order valence-electron chi connectivity index (χ0n) is 16.6. The Bertz CT molecular complexity index is 1110. The minimum atomic E-state index is -0.432. The molecule has 2 aromatic carbocycles. The molecule has 0 bridgehead atoms. The van der Waals surface area contributed by atoms with Crippen LogP contribution in [0.4, 0.5) is 4.39 Å². The van der Waals surface area contributed by atoms with Crippen molar-refractivity contribution in [1.29, 1.82) is 0 Å². The molecule has 7 nitrogen and oxygen atoms in total. The van der Waals surface area contributed by atoms with Crippen molar-refractivity contribution in [3.05, 3.63) is 53.8 Å². The van der Waals surface area contributed by atoms with Crippen LogP contribution in [0.25, 0.3) is 11.5 Å². The van der Waals surface area contributed by atoms with Gasteiger partial charge in [0, 0.05) is 6.54 Å². The second kappa shape index (κ2) is 8.58. The predicted molar refractivity (Wildman–Crippen MR) is 112 cm³/mol. The van der Waals surface area contributed by atoms with E-state index in [0.29, 0.717) is 19.8 Å². The lowest BCUT2D eigenvalue weighted by Crippen LogP contribution is -2.32. The van der Waals surface area contributed by atoms with Gasteiger partial charge in [-0.2, -0.15) is 0 Å². The quantitative estimate of drug-likeness (QED) is 0.552. The molecule has 0 unspecified atom stereocenters. The average Bonchev–Trinajstić information content (AvgIpc) is 3.47. The van der Waals surface area contributed by atoms with Crippen LogP contribution in [0.3, 0.4) is 0 Å². The highest BCUT2D eigenvalue weighted by atomic mass is 32.2. The standard InChI is InChI=1S/C22H20FN3O4S/c23-16-5-2-1-4-15(16)21-24-25-22(30-21)31-13-20(27)26-9-3-6-17(26)14-7-8-18-19(12-14)29-11-10-28-18/h1-2,4-5,7-8,12,17H,3,6,9-11,13H2/t17-/m1/s1. The molecule has 1 aromatic heterocycles. The van der Waals surface area contributed by atoms with Gasteiger partial charge in [0.05, 0.1) is 17.4 Å². The average molecular weight is 441 g/mol. The number of likely N-dealkylation sites (tertiary alicyclic amines) is 1. The minimum absolute atomic E-state index is 0.000544. The first-order valence-corrected chi connectivity index (χ1v) is 11.1. The molecule has 31 heavy (non-hydrogen) atoms. The highest BCUT2D eigenvalue weighted by Gasteiger charge is 2.31. The van der Waals surface area contributed by atoms with E-state index in [0.717, 1.165) is 41.7 Å². The molecule has 3 heterocycles. The molecule has 1 amide bonds. The second-order valence-electron chi connectivity index (χ2n) is 7.29. The maximum absolute atomic E-state index is 13.9. The number of aromatic nitrogens is 2. The van der Waals surface area contributed by atoms with Gasteiger partial charge in [-0.05, 0) is 42.7 Å². The monoisotopic (exact) mass is 441 g/mol. The Morgan fingerprint density at radius 3 is 2.84 bits per heavy atom. The lowest BCUT2D eigenvalue weighted by molar-refractivity contribution is -0.129. The molecule has 3 aromatic rings. The SMILES string of the molecule is O=C(CSc1nnc(-c2ccccc2F)o1)N1CCC[C@@H]1c1ccc2c(c1)OCCO2. The van der Waals surface area contributed by atoms with Crippen molar-refractivity contribution in [3.63, 3.8) is 0 Å². The second-order valence-corrected chi connectivity index (χ2v) is 8.22. The van der Waals surface area contributed by atoms with E-state index in [1.165, 1.54) is 6.07 Å². The summed E-state index contributed by atoms with van der Waals surface area (Å²) in [7, 11) is 0. The molecule has 2 aliphatic heterocycles.